The minimum absolute atomic E-state index is 0.0751. The van der Waals surface area contributed by atoms with E-state index in [1.807, 2.05) is 13.8 Å². The Bertz CT molecular complexity index is 301. The van der Waals surface area contributed by atoms with E-state index in [1.165, 1.54) is 6.26 Å². The summed E-state index contributed by atoms with van der Waals surface area (Å²) in [4.78, 5) is 2.33. The fraction of sp³-hybridized carbons (Fsp3) is 1.00. The molecular formula is C10H22N2O2S. The van der Waals surface area contributed by atoms with Gasteiger partial charge in [-0.2, -0.15) is 4.31 Å². The zero-order chi connectivity index (χ0) is 11.8. The monoisotopic (exact) mass is 234 g/mol. The standard InChI is InChI=1S/C10H22N2O2S/c1-8(2)11-6-9(3)12(10(4)7-11)15(5,13)14/h8-10H,6-7H2,1-5H3. The molecule has 1 aliphatic rings. The van der Waals surface area contributed by atoms with Gasteiger partial charge < -0.3 is 0 Å². The molecule has 0 aromatic carbocycles. The van der Waals surface area contributed by atoms with Crippen LogP contribution in [0.4, 0.5) is 0 Å². The molecule has 5 heteroatoms. The van der Waals surface area contributed by atoms with E-state index in [1.54, 1.807) is 4.31 Å². The molecule has 1 rings (SSSR count). The highest BCUT2D eigenvalue weighted by Gasteiger charge is 2.35. The highest BCUT2D eigenvalue weighted by atomic mass is 32.2. The second-order valence-corrected chi connectivity index (χ2v) is 6.73. The van der Waals surface area contributed by atoms with Crippen molar-refractivity contribution in [3.63, 3.8) is 0 Å². The first kappa shape index (κ1) is 12.9. The van der Waals surface area contributed by atoms with Crippen molar-refractivity contribution >= 4 is 10.0 Å². The van der Waals surface area contributed by atoms with Gasteiger partial charge in [-0.3, -0.25) is 4.90 Å². The summed E-state index contributed by atoms with van der Waals surface area (Å²) in [7, 11) is -3.07. The van der Waals surface area contributed by atoms with E-state index < -0.39 is 10.0 Å². The molecule has 4 nitrogen and oxygen atoms in total. The third-order valence-electron chi connectivity index (χ3n) is 2.98. The molecule has 0 aromatic heterocycles. The Labute approximate surface area is 93.3 Å². The van der Waals surface area contributed by atoms with Crippen molar-refractivity contribution in [3.8, 4) is 0 Å². The molecule has 2 atom stereocenters. The zero-order valence-corrected chi connectivity index (χ0v) is 11.1. The number of hydrogen-bond acceptors (Lipinski definition) is 3. The van der Waals surface area contributed by atoms with Crippen LogP contribution in [0.5, 0.6) is 0 Å². The van der Waals surface area contributed by atoms with Gasteiger partial charge in [-0.1, -0.05) is 0 Å². The normalized spacial score (nSPS) is 31.1. The highest BCUT2D eigenvalue weighted by Crippen LogP contribution is 2.20. The van der Waals surface area contributed by atoms with Crippen molar-refractivity contribution in [2.45, 2.75) is 45.8 Å². The van der Waals surface area contributed by atoms with Crippen LogP contribution in [-0.2, 0) is 10.0 Å². The van der Waals surface area contributed by atoms with E-state index >= 15 is 0 Å². The van der Waals surface area contributed by atoms with Crippen LogP contribution < -0.4 is 0 Å². The maximum atomic E-state index is 11.6. The van der Waals surface area contributed by atoms with Gasteiger partial charge in [0.25, 0.3) is 0 Å². The summed E-state index contributed by atoms with van der Waals surface area (Å²) < 4.78 is 24.8. The molecule has 1 saturated heterocycles. The van der Waals surface area contributed by atoms with Crippen molar-refractivity contribution in [2.75, 3.05) is 19.3 Å². The molecule has 90 valence electrons. The summed E-state index contributed by atoms with van der Waals surface area (Å²) in [6.07, 6.45) is 1.30. The van der Waals surface area contributed by atoms with E-state index in [2.05, 4.69) is 18.7 Å². The number of sulfonamides is 1. The molecule has 0 aliphatic carbocycles. The van der Waals surface area contributed by atoms with Crippen molar-refractivity contribution in [1.29, 1.82) is 0 Å². The van der Waals surface area contributed by atoms with Crippen LogP contribution in [0.2, 0.25) is 0 Å². The van der Waals surface area contributed by atoms with Gasteiger partial charge in [0.15, 0.2) is 0 Å². The van der Waals surface area contributed by atoms with Crippen LogP contribution in [0.15, 0.2) is 0 Å². The second-order valence-electron chi connectivity index (χ2n) is 4.84. The molecule has 0 radical (unpaired) electrons. The maximum absolute atomic E-state index is 11.6. The smallest absolute Gasteiger partial charge is 0.211 e. The second kappa shape index (κ2) is 4.39. The van der Waals surface area contributed by atoms with Crippen LogP contribution in [0.3, 0.4) is 0 Å². The lowest BCUT2D eigenvalue weighted by Gasteiger charge is -2.44. The Balaban J connectivity index is 2.82. The Morgan fingerprint density at radius 3 is 1.80 bits per heavy atom. The predicted molar refractivity (Wildman–Crippen MR) is 62.3 cm³/mol. The van der Waals surface area contributed by atoms with Crippen molar-refractivity contribution < 1.29 is 8.42 Å². The van der Waals surface area contributed by atoms with E-state index in [0.29, 0.717) is 6.04 Å². The number of rotatable bonds is 2. The van der Waals surface area contributed by atoms with Gasteiger partial charge >= 0.3 is 0 Å². The molecule has 2 unspecified atom stereocenters. The molecule has 0 N–H and O–H groups in total. The van der Waals surface area contributed by atoms with Gasteiger partial charge in [0.05, 0.1) is 6.26 Å². The highest BCUT2D eigenvalue weighted by molar-refractivity contribution is 7.88. The molecule has 0 amide bonds. The first-order valence-corrected chi connectivity index (χ1v) is 7.31. The van der Waals surface area contributed by atoms with Gasteiger partial charge in [-0.05, 0) is 27.7 Å². The minimum Gasteiger partial charge on any atom is -0.298 e. The third-order valence-corrected chi connectivity index (χ3v) is 4.47. The zero-order valence-electron chi connectivity index (χ0n) is 10.3. The number of hydrogen-bond donors (Lipinski definition) is 0. The molecule has 0 saturated carbocycles. The molecule has 0 spiro atoms. The van der Waals surface area contributed by atoms with Crippen LogP contribution in [0.1, 0.15) is 27.7 Å². The first-order valence-electron chi connectivity index (χ1n) is 5.46. The number of nitrogens with zero attached hydrogens (tertiary/aromatic N) is 2. The summed E-state index contributed by atoms with van der Waals surface area (Å²) in [5, 5.41) is 0. The molecule has 0 aromatic rings. The molecular weight excluding hydrogens is 212 g/mol. The lowest BCUT2D eigenvalue weighted by atomic mass is 10.1. The molecule has 1 fully saturated rings. The van der Waals surface area contributed by atoms with Gasteiger partial charge in [0, 0.05) is 31.2 Å². The van der Waals surface area contributed by atoms with Gasteiger partial charge in [-0.15, -0.1) is 0 Å². The van der Waals surface area contributed by atoms with Crippen molar-refractivity contribution in [3.05, 3.63) is 0 Å². The average Bonchev–Trinajstić information content (AvgIpc) is 1.99. The largest absolute Gasteiger partial charge is 0.298 e. The maximum Gasteiger partial charge on any atom is 0.211 e. The fourth-order valence-electron chi connectivity index (χ4n) is 2.42. The predicted octanol–water partition coefficient (Wildman–Crippen LogP) is 0.749. The Hall–Kier alpha value is -0.130. The molecule has 1 heterocycles. The SMILES string of the molecule is CC(C)N1CC(C)N(S(C)(=O)=O)C(C)C1. The Morgan fingerprint density at radius 1 is 1.13 bits per heavy atom. The van der Waals surface area contributed by atoms with Crippen molar-refractivity contribution in [1.82, 2.24) is 9.21 Å². The van der Waals surface area contributed by atoms with Crippen LogP contribution in [0, 0.1) is 0 Å². The average molecular weight is 234 g/mol. The quantitative estimate of drug-likeness (QED) is 0.708. The van der Waals surface area contributed by atoms with Crippen LogP contribution in [-0.4, -0.2) is 55.1 Å². The van der Waals surface area contributed by atoms with Crippen LogP contribution >= 0.6 is 0 Å². The summed E-state index contributed by atoms with van der Waals surface area (Å²) in [6.45, 7) is 9.91. The van der Waals surface area contributed by atoms with E-state index in [-0.39, 0.29) is 12.1 Å². The fourth-order valence-corrected chi connectivity index (χ4v) is 3.86. The summed E-state index contributed by atoms with van der Waals surface area (Å²) >= 11 is 0. The lowest BCUT2D eigenvalue weighted by Crippen LogP contribution is -2.59. The van der Waals surface area contributed by atoms with Gasteiger partial charge in [0.2, 0.25) is 10.0 Å². The summed E-state index contributed by atoms with van der Waals surface area (Å²) in [5.74, 6) is 0. The molecule has 15 heavy (non-hydrogen) atoms. The van der Waals surface area contributed by atoms with Crippen molar-refractivity contribution in [2.24, 2.45) is 0 Å². The lowest BCUT2D eigenvalue weighted by molar-refractivity contribution is 0.0795. The third kappa shape index (κ3) is 2.92. The van der Waals surface area contributed by atoms with E-state index in [0.717, 1.165) is 13.1 Å². The van der Waals surface area contributed by atoms with Crippen LogP contribution in [0.25, 0.3) is 0 Å². The summed E-state index contributed by atoms with van der Waals surface area (Å²) in [5.41, 5.74) is 0. The number of piperazine rings is 1. The first-order chi connectivity index (χ1) is 6.73. The molecule has 0 bridgehead atoms. The van der Waals surface area contributed by atoms with E-state index in [4.69, 9.17) is 0 Å². The van der Waals surface area contributed by atoms with Gasteiger partial charge in [-0.25, -0.2) is 8.42 Å². The van der Waals surface area contributed by atoms with Gasteiger partial charge in [0.1, 0.15) is 0 Å². The Kier molecular flexibility index (Phi) is 3.79. The topological polar surface area (TPSA) is 40.6 Å². The Morgan fingerprint density at radius 2 is 1.53 bits per heavy atom. The summed E-state index contributed by atoms with van der Waals surface area (Å²) in [6, 6.07) is 0.633. The molecule has 1 aliphatic heterocycles. The van der Waals surface area contributed by atoms with E-state index in [9.17, 15) is 8.42 Å². The minimum atomic E-state index is -3.07.